The SMILES string of the molecule is CC1CCCCN1c1cc(-c2ccccc2)nc(SCc2ccc(C(=O)N3CCOCC3)o2)n1. The molecular formula is C26H30N4O3S. The predicted octanol–water partition coefficient (Wildman–Crippen LogP) is 4.88. The number of furan rings is 1. The molecule has 2 aromatic heterocycles. The van der Waals surface area contributed by atoms with Crippen LogP contribution >= 0.6 is 11.8 Å². The summed E-state index contributed by atoms with van der Waals surface area (Å²) in [5, 5.41) is 0.714. The molecule has 0 bridgehead atoms. The Morgan fingerprint density at radius 3 is 2.68 bits per heavy atom. The van der Waals surface area contributed by atoms with Crippen LogP contribution in [0.25, 0.3) is 11.3 Å². The summed E-state index contributed by atoms with van der Waals surface area (Å²) in [5.74, 6) is 2.57. The zero-order valence-electron chi connectivity index (χ0n) is 19.5. The van der Waals surface area contributed by atoms with Crippen LogP contribution in [-0.2, 0) is 10.5 Å². The molecule has 0 radical (unpaired) electrons. The van der Waals surface area contributed by atoms with Gasteiger partial charge in [0.2, 0.25) is 0 Å². The summed E-state index contributed by atoms with van der Waals surface area (Å²) in [5.41, 5.74) is 2.00. The minimum Gasteiger partial charge on any atom is -0.455 e. The third-order valence-electron chi connectivity index (χ3n) is 6.37. The number of ether oxygens (including phenoxy) is 1. The maximum Gasteiger partial charge on any atom is 0.289 e. The Labute approximate surface area is 204 Å². The highest BCUT2D eigenvalue weighted by Gasteiger charge is 2.23. The van der Waals surface area contributed by atoms with Gasteiger partial charge in [-0.15, -0.1) is 0 Å². The second-order valence-electron chi connectivity index (χ2n) is 8.76. The van der Waals surface area contributed by atoms with E-state index < -0.39 is 0 Å². The van der Waals surface area contributed by atoms with E-state index in [0.717, 1.165) is 29.4 Å². The van der Waals surface area contributed by atoms with Crippen LogP contribution in [0.15, 0.2) is 58.1 Å². The Morgan fingerprint density at radius 2 is 1.88 bits per heavy atom. The minimum absolute atomic E-state index is 0.0803. The van der Waals surface area contributed by atoms with Gasteiger partial charge in [0.1, 0.15) is 11.6 Å². The van der Waals surface area contributed by atoms with Gasteiger partial charge in [-0.25, -0.2) is 9.97 Å². The fourth-order valence-electron chi connectivity index (χ4n) is 4.45. The molecule has 178 valence electrons. The van der Waals surface area contributed by atoms with Crippen molar-refractivity contribution in [2.75, 3.05) is 37.7 Å². The van der Waals surface area contributed by atoms with Crippen molar-refractivity contribution in [3.05, 3.63) is 60.1 Å². The van der Waals surface area contributed by atoms with Crippen LogP contribution in [0.5, 0.6) is 0 Å². The number of nitrogens with zero attached hydrogens (tertiary/aromatic N) is 4. The maximum absolute atomic E-state index is 12.7. The molecule has 1 aromatic carbocycles. The lowest BCUT2D eigenvalue weighted by molar-refractivity contribution is 0.0282. The summed E-state index contributed by atoms with van der Waals surface area (Å²) in [6, 6.07) is 16.4. The third kappa shape index (κ3) is 5.28. The highest BCUT2D eigenvalue weighted by Crippen LogP contribution is 2.30. The van der Waals surface area contributed by atoms with Crippen LogP contribution in [0.4, 0.5) is 5.82 Å². The summed E-state index contributed by atoms with van der Waals surface area (Å²) in [4.78, 5) is 26.6. The second-order valence-corrected chi connectivity index (χ2v) is 9.70. The molecule has 0 aliphatic carbocycles. The molecule has 1 atom stereocenters. The molecule has 5 rings (SSSR count). The van der Waals surface area contributed by atoms with Crippen molar-refractivity contribution in [2.24, 2.45) is 0 Å². The number of amides is 1. The number of rotatable bonds is 6. The van der Waals surface area contributed by atoms with Gasteiger partial charge < -0.3 is 19.0 Å². The number of anilines is 1. The number of carbonyl (C=O) groups is 1. The van der Waals surface area contributed by atoms with Crippen LogP contribution in [0, 0.1) is 0 Å². The number of hydrogen-bond acceptors (Lipinski definition) is 7. The Hall–Kier alpha value is -2.84. The molecule has 34 heavy (non-hydrogen) atoms. The molecule has 0 spiro atoms. The van der Waals surface area contributed by atoms with Crippen LogP contribution in [0.2, 0.25) is 0 Å². The third-order valence-corrected chi connectivity index (χ3v) is 7.24. The van der Waals surface area contributed by atoms with Crippen LogP contribution in [-0.4, -0.2) is 59.7 Å². The molecule has 2 fully saturated rings. The molecule has 3 aromatic rings. The topological polar surface area (TPSA) is 71.7 Å². The Balaban J connectivity index is 1.34. The molecule has 4 heterocycles. The van der Waals surface area contributed by atoms with Crippen LogP contribution in [0.1, 0.15) is 42.5 Å². The van der Waals surface area contributed by atoms with Gasteiger partial charge in [0.15, 0.2) is 10.9 Å². The fraction of sp³-hybridized carbons (Fsp3) is 0.423. The smallest absolute Gasteiger partial charge is 0.289 e. The van der Waals surface area contributed by atoms with Crippen molar-refractivity contribution >= 4 is 23.5 Å². The zero-order chi connectivity index (χ0) is 23.3. The molecule has 1 unspecified atom stereocenters. The number of benzene rings is 1. The van der Waals surface area contributed by atoms with Crippen molar-refractivity contribution in [3.63, 3.8) is 0 Å². The van der Waals surface area contributed by atoms with Crippen molar-refractivity contribution < 1.29 is 13.9 Å². The van der Waals surface area contributed by atoms with Gasteiger partial charge in [0.25, 0.3) is 5.91 Å². The average molecular weight is 479 g/mol. The Morgan fingerprint density at radius 1 is 1.06 bits per heavy atom. The van der Waals surface area contributed by atoms with Crippen molar-refractivity contribution in [1.29, 1.82) is 0 Å². The first-order chi connectivity index (χ1) is 16.7. The number of morpholine rings is 1. The minimum atomic E-state index is -0.0803. The largest absolute Gasteiger partial charge is 0.455 e. The quantitative estimate of drug-likeness (QED) is 0.369. The van der Waals surface area contributed by atoms with Gasteiger partial charge in [-0.2, -0.15) is 0 Å². The summed E-state index contributed by atoms with van der Waals surface area (Å²) in [6.07, 6.45) is 3.63. The van der Waals surface area contributed by atoms with E-state index in [1.165, 1.54) is 31.0 Å². The maximum atomic E-state index is 12.7. The molecular weight excluding hydrogens is 448 g/mol. The van der Waals surface area contributed by atoms with E-state index in [0.29, 0.717) is 49.0 Å². The van der Waals surface area contributed by atoms with E-state index in [9.17, 15) is 4.79 Å². The van der Waals surface area contributed by atoms with E-state index in [4.69, 9.17) is 19.1 Å². The number of hydrogen-bond donors (Lipinski definition) is 0. The number of aromatic nitrogens is 2. The lowest BCUT2D eigenvalue weighted by Gasteiger charge is -2.34. The van der Waals surface area contributed by atoms with E-state index in [1.54, 1.807) is 11.0 Å². The monoisotopic (exact) mass is 478 g/mol. The highest BCUT2D eigenvalue weighted by molar-refractivity contribution is 7.98. The van der Waals surface area contributed by atoms with Crippen LogP contribution in [0.3, 0.4) is 0 Å². The first kappa shape index (κ1) is 22.9. The summed E-state index contributed by atoms with van der Waals surface area (Å²) < 4.78 is 11.2. The van der Waals surface area contributed by atoms with E-state index in [1.807, 2.05) is 24.3 Å². The van der Waals surface area contributed by atoms with Gasteiger partial charge in [0.05, 0.1) is 24.7 Å². The fourth-order valence-corrected chi connectivity index (χ4v) is 5.20. The summed E-state index contributed by atoms with van der Waals surface area (Å²) in [6.45, 7) is 5.63. The van der Waals surface area contributed by atoms with Crippen LogP contribution < -0.4 is 4.90 Å². The lowest BCUT2D eigenvalue weighted by Crippen LogP contribution is -2.40. The standard InChI is InChI=1S/C26H30N4O3S/c1-19-7-5-6-12-30(19)24-17-22(20-8-3-2-4-9-20)27-26(28-24)34-18-21-10-11-23(33-21)25(31)29-13-15-32-16-14-29/h2-4,8-11,17,19H,5-7,12-16,18H2,1H3. The average Bonchev–Trinajstić information content (AvgIpc) is 3.37. The van der Waals surface area contributed by atoms with Gasteiger partial charge in [-0.1, -0.05) is 42.1 Å². The van der Waals surface area contributed by atoms with E-state index in [-0.39, 0.29) is 5.91 Å². The number of carbonyl (C=O) groups excluding carboxylic acids is 1. The molecule has 1 amide bonds. The molecule has 0 saturated carbocycles. The highest BCUT2D eigenvalue weighted by atomic mass is 32.2. The van der Waals surface area contributed by atoms with Crippen molar-refractivity contribution in [2.45, 2.75) is 43.1 Å². The molecule has 2 aliphatic heterocycles. The lowest BCUT2D eigenvalue weighted by atomic mass is 10.0. The van der Waals surface area contributed by atoms with E-state index >= 15 is 0 Å². The summed E-state index contributed by atoms with van der Waals surface area (Å²) in [7, 11) is 0. The molecule has 8 heteroatoms. The number of piperidine rings is 1. The Kier molecular flexibility index (Phi) is 7.16. The molecule has 7 nitrogen and oxygen atoms in total. The van der Waals surface area contributed by atoms with E-state index in [2.05, 4.69) is 30.0 Å². The van der Waals surface area contributed by atoms with Crippen molar-refractivity contribution in [3.8, 4) is 11.3 Å². The number of thioether (sulfide) groups is 1. The molecule has 2 aliphatic rings. The van der Waals surface area contributed by atoms with Crippen molar-refractivity contribution in [1.82, 2.24) is 14.9 Å². The summed E-state index contributed by atoms with van der Waals surface area (Å²) >= 11 is 1.53. The first-order valence-corrected chi connectivity index (χ1v) is 13.0. The predicted molar refractivity (Wildman–Crippen MR) is 133 cm³/mol. The zero-order valence-corrected chi connectivity index (χ0v) is 20.3. The van der Waals surface area contributed by atoms with Gasteiger partial charge in [-0.3, -0.25) is 4.79 Å². The van der Waals surface area contributed by atoms with Gasteiger partial charge in [-0.05, 0) is 38.3 Å². The van der Waals surface area contributed by atoms with Gasteiger partial charge in [0, 0.05) is 37.3 Å². The second kappa shape index (κ2) is 10.6. The van der Waals surface area contributed by atoms with Gasteiger partial charge >= 0.3 is 0 Å². The Bertz CT molecular complexity index is 1110. The molecule has 0 N–H and O–H groups in total. The normalized spacial score (nSPS) is 18.8. The first-order valence-electron chi connectivity index (χ1n) is 12.0. The molecule has 2 saturated heterocycles.